The summed E-state index contributed by atoms with van der Waals surface area (Å²) in [6.45, 7) is 0. The van der Waals surface area contributed by atoms with Crippen LogP contribution in [-0.4, -0.2) is 11.1 Å². The number of hydrogen-bond acceptors (Lipinski definition) is 2. The van der Waals surface area contributed by atoms with E-state index in [2.05, 4.69) is 0 Å². The molecule has 1 aliphatic rings. The fourth-order valence-electron chi connectivity index (χ4n) is 2.00. The average molecular weight is 255 g/mol. The number of hydrogen-bond donors (Lipinski definition) is 2. The Labute approximate surface area is 105 Å². The van der Waals surface area contributed by atoms with Gasteiger partial charge in [-0.25, -0.2) is 0 Å². The van der Waals surface area contributed by atoms with E-state index >= 15 is 0 Å². The summed E-state index contributed by atoms with van der Waals surface area (Å²) in [5, 5.41) is 8.92. The molecule has 4 heteroatoms. The van der Waals surface area contributed by atoms with E-state index in [9.17, 15) is 0 Å². The van der Waals surface area contributed by atoms with Gasteiger partial charge in [-0.1, -0.05) is 24.4 Å². The van der Waals surface area contributed by atoms with Gasteiger partial charge in [0.05, 0.1) is 0 Å². The van der Waals surface area contributed by atoms with Crippen LogP contribution in [0.1, 0.15) is 31.2 Å². The molecule has 1 fully saturated rings. The Hall–Kier alpha value is -0.670. The first-order valence-corrected chi connectivity index (χ1v) is 6.73. The highest BCUT2D eigenvalue weighted by Gasteiger charge is 2.18. The van der Waals surface area contributed by atoms with Crippen molar-refractivity contribution in [2.45, 2.75) is 35.8 Å². The van der Waals surface area contributed by atoms with Crippen LogP contribution in [-0.2, 0) is 0 Å². The van der Waals surface area contributed by atoms with E-state index in [1.54, 1.807) is 6.07 Å². The molecule has 0 radical (unpaired) electrons. The van der Waals surface area contributed by atoms with Crippen LogP contribution in [0.15, 0.2) is 23.1 Å². The molecule has 2 nitrogen and oxygen atoms in total. The van der Waals surface area contributed by atoms with Gasteiger partial charge in [-0.2, -0.15) is 0 Å². The molecule has 0 bridgehead atoms. The number of amidine groups is 1. The maximum absolute atomic E-state index is 7.54. The van der Waals surface area contributed by atoms with Gasteiger partial charge in [0.1, 0.15) is 5.84 Å². The topological polar surface area (TPSA) is 49.9 Å². The second-order valence-electron chi connectivity index (χ2n) is 4.08. The van der Waals surface area contributed by atoms with Crippen LogP contribution in [0.4, 0.5) is 0 Å². The molecule has 2 rings (SSSR count). The van der Waals surface area contributed by atoms with Crippen LogP contribution >= 0.6 is 23.4 Å². The summed E-state index contributed by atoms with van der Waals surface area (Å²) in [6, 6.07) is 5.54. The largest absolute Gasteiger partial charge is 0.384 e. The summed E-state index contributed by atoms with van der Waals surface area (Å²) in [4.78, 5) is 1.05. The minimum absolute atomic E-state index is 0.122. The first-order valence-electron chi connectivity index (χ1n) is 5.47. The molecule has 1 aromatic rings. The zero-order valence-corrected chi connectivity index (χ0v) is 10.6. The molecule has 0 atom stereocenters. The van der Waals surface area contributed by atoms with Crippen LogP contribution < -0.4 is 5.73 Å². The van der Waals surface area contributed by atoms with Crippen LogP contribution in [0.25, 0.3) is 0 Å². The lowest BCUT2D eigenvalue weighted by atomic mass is 10.2. The standard InChI is InChI=1S/C12H15ClN2S/c13-8-5-6-10(12(14)15)11(7-8)16-9-3-1-2-4-9/h5-7,9H,1-4H2,(H3,14,15). The van der Waals surface area contributed by atoms with Gasteiger partial charge in [-0.15, -0.1) is 11.8 Å². The number of rotatable bonds is 3. The summed E-state index contributed by atoms with van der Waals surface area (Å²) in [5.74, 6) is 0.122. The molecule has 16 heavy (non-hydrogen) atoms. The summed E-state index contributed by atoms with van der Waals surface area (Å²) < 4.78 is 0. The van der Waals surface area contributed by atoms with Crippen molar-refractivity contribution < 1.29 is 0 Å². The number of nitrogens with two attached hydrogens (primary N) is 1. The number of halogens is 1. The Kier molecular flexibility index (Phi) is 3.77. The highest BCUT2D eigenvalue weighted by Crippen LogP contribution is 2.37. The van der Waals surface area contributed by atoms with Gasteiger partial charge in [0.2, 0.25) is 0 Å². The second-order valence-corrected chi connectivity index (χ2v) is 5.86. The molecule has 0 saturated heterocycles. The number of nitrogen functional groups attached to an aromatic ring is 1. The van der Waals surface area contributed by atoms with Gasteiger partial charge in [-0.3, -0.25) is 5.41 Å². The molecule has 1 aromatic carbocycles. The van der Waals surface area contributed by atoms with Gasteiger partial charge in [0, 0.05) is 20.7 Å². The number of benzene rings is 1. The Morgan fingerprint density at radius 3 is 2.69 bits per heavy atom. The van der Waals surface area contributed by atoms with Crippen molar-refractivity contribution in [3.8, 4) is 0 Å². The quantitative estimate of drug-likeness (QED) is 0.639. The molecule has 86 valence electrons. The zero-order chi connectivity index (χ0) is 11.5. The maximum Gasteiger partial charge on any atom is 0.123 e. The molecular weight excluding hydrogens is 240 g/mol. The Balaban J connectivity index is 2.22. The Morgan fingerprint density at radius 2 is 2.06 bits per heavy atom. The van der Waals surface area contributed by atoms with Crippen molar-refractivity contribution in [3.05, 3.63) is 28.8 Å². The minimum atomic E-state index is 0.122. The summed E-state index contributed by atoms with van der Waals surface area (Å²) >= 11 is 7.80. The van der Waals surface area contributed by atoms with Crippen LogP contribution in [0.3, 0.4) is 0 Å². The van der Waals surface area contributed by atoms with E-state index in [1.807, 2.05) is 23.9 Å². The third-order valence-electron chi connectivity index (χ3n) is 2.83. The van der Waals surface area contributed by atoms with Crippen molar-refractivity contribution in [1.29, 1.82) is 5.41 Å². The average Bonchev–Trinajstić information content (AvgIpc) is 2.70. The SMILES string of the molecule is N=C(N)c1ccc(Cl)cc1SC1CCCC1. The normalized spacial score (nSPS) is 16.6. The first-order chi connectivity index (χ1) is 7.66. The van der Waals surface area contributed by atoms with Crippen LogP contribution in [0.5, 0.6) is 0 Å². The predicted molar refractivity (Wildman–Crippen MR) is 70.6 cm³/mol. The van der Waals surface area contributed by atoms with Gasteiger partial charge >= 0.3 is 0 Å². The third-order valence-corrected chi connectivity index (χ3v) is 4.46. The molecule has 0 unspecified atom stereocenters. The molecule has 1 saturated carbocycles. The fraction of sp³-hybridized carbons (Fsp3) is 0.417. The maximum atomic E-state index is 7.54. The Bertz CT molecular complexity index is 400. The van der Waals surface area contributed by atoms with Gasteiger partial charge in [0.25, 0.3) is 0 Å². The number of nitrogens with one attached hydrogen (secondary N) is 1. The van der Waals surface area contributed by atoms with Crippen LogP contribution in [0, 0.1) is 5.41 Å². The van der Waals surface area contributed by atoms with Crippen molar-refractivity contribution >= 4 is 29.2 Å². The van der Waals surface area contributed by atoms with E-state index < -0.39 is 0 Å². The highest BCUT2D eigenvalue weighted by atomic mass is 35.5. The van der Waals surface area contributed by atoms with Crippen molar-refractivity contribution in [2.24, 2.45) is 5.73 Å². The molecule has 1 aliphatic carbocycles. The lowest BCUT2D eigenvalue weighted by Crippen LogP contribution is -2.12. The van der Waals surface area contributed by atoms with Crippen molar-refractivity contribution in [2.75, 3.05) is 0 Å². The summed E-state index contributed by atoms with van der Waals surface area (Å²) in [5.41, 5.74) is 6.37. The lowest BCUT2D eigenvalue weighted by molar-refractivity contribution is 0.886. The molecule has 0 amide bonds. The predicted octanol–water partition coefficient (Wildman–Crippen LogP) is 3.66. The third kappa shape index (κ3) is 2.71. The highest BCUT2D eigenvalue weighted by molar-refractivity contribution is 8.00. The van der Waals surface area contributed by atoms with E-state index in [0.29, 0.717) is 10.3 Å². The molecule has 0 aromatic heterocycles. The fourth-order valence-corrected chi connectivity index (χ4v) is 3.67. The minimum Gasteiger partial charge on any atom is -0.384 e. The van der Waals surface area contributed by atoms with E-state index in [0.717, 1.165) is 10.5 Å². The summed E-state index contributed by atoms with van der Waals surface area (Å²) in [7, 11) is 0. The molecule has 0 aliphatic heterocycles. The van der Waals surface area contributed by atoms with Gasteiger partial charge in [-0.05, 0) is 31.0 Å². The van der Waals surface area contributed by atoms with Gasteiger partial charge < -0.3 is 5.73 Å². The number of thioether (sulfide) groups is 1. The molecule has 3 N–H and O–H groups in total. The zero-order valence-electron chi connectivity index (χ0n) is 9.00. The monoisotopic (exact) mass is 254 g/mol. The van der Waals surface area contributed by atoms with Crippen LogP contribution in [0.2, 0.25) is 5.02 Å². The Morgan fingerprint density at radius 1 is 1.38 bits per heavy atom. The van der Waals surface area contributed by atoms with Crippen molar-refractivity contribution in [1.82, 2.24) is 0 Å². The molecular formula is C12H15ClN2S. The van der Waals surface area contributed by atoms with E-state index in [4.69, 9.17) is 22.7 Å². The second kappa shape index (κ2) is 5.11. The van der Waals surface area contributed by atoms with E-state index in [1.165, 1.54) is 25.7 Å². The smallest absolute Gasteiger partial charge is 0.123 e. The lowest BCUT2D eigenvalue weighted by Gasteiger charge is -2.12. The molecule has 0 spiro atoms. The van der Waals surface area contributed by atoms with E-state index in [-0.39, 0.29) is 5.84 Å². The van der Waals surface area contributed by atoms with Crippen molar-refractivity contribution in [3.63, 3.8) is 0 Å². The first kappa shape index (κ1) is 11.8. The molecule has 0 heterocycles. The van der Waals surface area contributed by atoms with Gasteiger partial charge in [0.15, 0.2) is 0 Å². The summed E-state index contributed by atoms with van der Waals surface area (Å²) in [6.07, 6.45) is 5.14.